The number of hydrogen-bond acceptors (Lipinski definition) is 5. The minimum atomic E-state index is 0.175. The third-order valence-corrected chi connectivity index (χ3v) is 3.16. The molecule has 6 heteroatoms. The molecule has 2 N–H and O–H groups in total. The zero-order chi connectivity index (χ0) is 14.1. The van der Waals surface area contributed by atoms with Crippen LogP contribution in [0.2, 0.25) is 5.02 Å². The minimum Gasteiger partial charge on any atom is -0.479 e. The van der Waals surface area contributed by atoms with Crippen LogP contribution in [0.15, 0.2) is 36.5 Å². The fourth-order valence-electron chi connectivity index (χ4n) is 2.03. The van der Waals surface area contributed by atoms with Crippen molar-refractivity contribution in [1.29, 1.82) is 0 Å². The zero-order valence-electron chi connectivity index (χ0n) is 10.7. The van der Waals surface area contributed by atoms with Crippen LogP contribution in [0.5, 0.6) is 5.88 Å². The highest BCUT2D eigenvalue weighted by molar-refractivity contribution is 6.30. The highest BCUT2D eigenvalue weighted by atomic mass is 35.5. The number of halogens is 1. The Morgan fingerprint density at radius 2 is 1.85 bits per heavy atom. The maximum Gasteiger partial charge on any atom is 0.240 e. The van der Waals surface area contributed by atoms with E-state index in [1.165, 1.54) is 0 Å². The van der Waals surface area contributed by atoms with Gasteiger partial charge in [0.05, 0.1) is 12.8 Å². The first kappa shape index (κ1) is 12.6. The molecule has 0 aliphatic rings. The van der Waals surface area contributed by atoms with Crippen molar-refractivity contribution in [3.05, 3.63) is 41.6 Å². The quantitative estimate of drug-likeness (QED) is 0.784. The molecular weight excluding hydrogens is 276 g/mol. The van der Waals surface area contributed by atoms with Crippen LogP contribution >= 0.6 is 11.6 Å². The van der Waals surface area contributed by atoms with Gasteiger partial charge in [-0.25, -0.2) is 15.0 Å². The molecule has 3 rings (SSSR count). The number of nitrogens with two attached hydrogens (primary N) is 1. The van der Waals surface area contributed by atoms with Gasteiger partial charge in [0.15, 0.2) is 0 Å². The lowest BCUT2D eigenvalue weighted by molar-refractivity contribution is 0.402. The molecule has 0 bridgehead atoms. The van der Waals surface area contributed by atoms with E-state index in [2.05, 4.69) is 15.0 Å². The van der Waals surface area contributed by atoms with Crippen LogP contribution < -0.4 is 10.5 Å². The van der Waals surface area contributed by atoms with E-state index in [4.69, 9.17) is 22.1 Å². The van der Waals surface area contributed by atoms with Gasteiger partial charge in [0.2, 0.25) is 11.8 Å². The fraction of sp³-hybridized carbons (Fsp3) is 0.0714. The van der Waals surface area contributed by atoms with Crippen LogP contribution in [0.4, 0.5) is 5.95 Å². The van der Waals surface area contributed by atoms with E-state index in [-0.39, 0.29) is 5.95 Å². The lowest BCUT2D eigenvalue weighted by Crippen LogP contribution is -2.00. The topological polar surface area (TPSA) is 73.9 Å². The Morgan fingerprint density at radius 3 is 2.55 bits per heavy atom. The number of hydrogen-bond donors (Lipinski definition) is 1. The fourth-order valence-corrected chi connectivity index (χ4v) is 2.15. The maximum atomic E-state index is 5.91. The summed E-state index contributed by atoms with van der Waals surface area (Å²) in [4.78, 5) is 12.6. The molecule has 0 spiro atoms. The molecule has 5 nitrogen and oxygen atoms in total. The normalized spacial score (nSPS) is 10.7. The van der Waals surface area contributed by atoms with Crippen molar-refractivity contribution >= 4 is 28.5 Å². The molecule has 1 aromatic carbocycles. The number of rotatable bonds is 2. The van der Waals surface area contributed by atoms with E-state index in [1.54, 1.807) is 25.4 Å². The highest BCUT2D eigenvalue weighted by Crippen LogP contribution is 2.30. The molecule has 0 aliphatic heterocycles. The number of anilines is 1. The first-order chi connectivity index (χ1) is 9.69. The Morgan fingerprint density at radius 1 is 1.10 bits per heavy atom. The second kappa shape index (κ2) is 4.94. The van der Waals surface area contributed by atoms with Crippen LogP contribution in [0.1, 0.15) is 0 Å². The Kier molecular flexibility index (Phi) is 3.12. The number of ether oxygens (including phenoxy) is 1. The molecule has 0 saturated heterocycles. The summed E-state index contributed by atoms with van der Waals surface area (Å²) in [6.45, 7) is 0. The van der Waals surface area contributed by atoms with E-state index >= 15 is 0 Å². The second-order valence-corrected chi connectivity index (χ2v) is 4.59. The van der Waals surface area contributed by atoms with E-state index in [0.717, 1.165) is 16.6 Å². The average molecular weight is 287 g/mol. The van der Waals surface area contributed by atoms with Gasteiger partial charge in [-0.1, -0.05) is 23.7 Å². The summed E-state index contributed by atoms with van der Waals surface area (Å²) in [6, 6.07) is 9.22. The SMILES string of the molecule is COc1nccc2c(-c3ccc(Cl)cc3)nc(N)nc12. The number of pyridine rings is 1. The molecule has 2 aromatic heterocycles. The molecule has 0 aliphatic carbocycles. The van der Waals surface area contributed by atoms with Gasteiger partial charge in [-0.05, 0) is 18.2 Å². The summed E-state index contributed by atoms with van der Waals surface area (Å²) in [5.74, 6) is 0.598. The van der Waals surface area contributed by atoms with Crippen LogP contribution in [0.25, 0.3) is 22.2 Å². The van der Waals surface area contributed by atoms with E-state index in [0.29, 0.717) is 16.4 Å². The summed E-state index contributed by atoms with van der Waals surface area (Å²) in [6.07, 6.45) is 1.65. The number of aromatic nitrogens is 3. The minimum absolute atomic E-state index is 0.175. The monoisotopic (exact) mass is 286 g/mol. The summed E-state index contributed by atoms with van der Waals surface area (Å²) in [5, 5.41) is 1.49. The van der Waals surface area contributed by atoms with Gasteiger partial charge in [-0.15, -0.1) is 0 Å². The Labute approximate surface area is 120 Å². The number of nitrogens with zero attached hydrogens (tertiary/aromatic N) is 3. The maximum absolute atomic E-state index is 5.91. The van der Waals surface area contributed by atoms with Crippen molar-refractivity contribution in [3.63, 3.8) is 0 Å². The molecule has 100 valence electrons. The molecule has 0 atom stereocenters. The van der Waals surface area contributed by atoms with Crippen molar-refractivity contribution < 1.29 is 4.74 Å². The second-order valence-electron chi connectivity index (χ2n) is 4.15. The Balaban J connectivity index is 2.32. The number of fused-ring (bicyclic) bond motifs is 1. The van der Waals surface area contributed by atoms with E-state index in [9.17, 15) is 0 Å². The van der Waals surface area contributed by atoms with Crippen molar-refractivity contribution in [3.8, 4) is 17.1 Å². The number of benzene rings is 1. The van der Waals surface area contributed by atoms with Crippen LogP contribution in [0, 0.1) is 0 Å². The first-order valence-electron chi connectivity index (χ1n) is 5.91. The van der Waals surface area contributed by atoms with E-state index < -0.39 is 0 Å². The lowest BCUT2D eigenvalue weighted by atomic mass is 10.1. The summed E-state index contributed by atoms with van der Waals surface area (Å²) < 4.78 is 5.21. The molecule has 0 fully saturated rings. The summed E-state index contributed by atoms with van der Waals surface area (Å²) >= 11 is 5.91. The standard InChI is InChI=1S/C14H11ClN4O/c1-20-13-12-10(6-7-17-13)11(18-14(16)19-12)8-2-4-9(15)5-3-8/h2-7H,1H3,(H2,16,18,19). The van der Waals surface area contributed by atoms with Gasteiger partial charge < -0.3 is 10.5 Å². The average Bonchev–Trinajstić information content (AvgIpc) is 2.46. The molecular formula is C14H11ClN4O. The predicted octanol–water partition coefficient (Wildman–Crippen LogP) is 2.94. The summed E-state index contributed by atoms with van der Waals surface area (Å²) in [5.41, 5.74) is 8.01. The van der Waals surface area contributed by atoms with Gasteiger partial charge in [-0.3, -0.25) is 0 Å². The van der Waals surface area contributed by atoms with Gasteiger partial charge in [0, 0.05) is 22.2 Å². The van der Waals surface area contributed by atoms with Crippen molar-refractivity contribution in [2.24, 2.45) is 0 Å². The highest BCUT2D eigenvalue weighted by Gasteiger charge is 2.12. The predicted molar refractivity (Wildman–Crippen MR) is 78.7 cm³/mol. The van der Waals surface area contributed by atoms with Crippen molar-refractivity contribution in [2.75, 3.05) is 12.8 Å². The molecule has 20 heavy (non-hydrogen) atoms. The third kappa shape index (κ3) is 2.12. The van der Waals surface area contributed by atoms with Gasteiger partial charge in [0.25, 0.3) is 0 Å². The zero-order valence-corrected chi connectivity index (χ0v) is 11.4. The number of methoxy groups -OCH3 is 1. The molecule has 2 heterocycles. The van der Waals surface area contributed by atoms with Crippen LogP contribution in [-0.4, -0.2) is 22.1 Å². The van der Waals surface area contributed by atoms with Crippen LogP contribution in [-0.2, 0) is 0 Å². The van der Waals surface area contributed by atoms with Gasteiger partial charge in [0.1, 0.15) is 5.52 Å². The number of nitrogen functional groups attached to an aromatic ring is 1. The summed E-state index contributed by atoms with van der Waals surface area (Å²) in [7, 11) is 1.54. The van der Waals surface area contributed by atoms with Gasteiger partial charge >= 0.3 is 0 Å². The lowest BCUT2D eigenvalue weighted by Gasteiger charge is -2.09. The van der Waals surface area contributed by atoms with Gasteiger partial charge in [-0.2, -0.15) is 0 Å². The smallest absolute Gasteiger partial charge is 0.240 e. The molecule has 0 amide bonds. The van der Waals surface area contributed by atoms with Crippen molar-refractivity contribution in [1.82, 2.24) is 15.0 Å². The molecule has 0 unspecified atom stereocenters. The Hall–Kier alpha value is -2.40. The molecule has 0 saturated carbocycles. The molecule has 0 radical (unpaired) electrons. The molecule has 3 aromatic rings. The van der Waals surface area contributed by atoms with Crippen LogP contribution in [0.3, 0.4) is 0 Å². The first-order valence-corrected chi connectivity index (χ1v) is 6.29. The third-order valence-electron chi connectivity index (χ3n) is 2.91. The Bertz CT molecular complexity index is 774. The van der Waals surface area contributed by atoms with Crippen molar-refractivity contribution in [2.45, 2.75) is 0 Å². The largest absolute Gasteiger partial charge is 0.479 e. The van der Waals surface area contributed by atoms with E-state index in [1.807, 2.05) is 18.2 Å².